The van der Waals surface area contributed by atoms with Gasteiger partial charge in [-0.1, -0.05) is 31.2 Å². The average Bonchev–Trinajstić information content (AvgIpc) is 2.72. The maximum Gasteiger partial charge on any atom is 0.244 e. The van der Waals surface area contributed by atoms with E-state index in [0.29, 0.717) is 17.7 Å². The van der Waals surface area contributed by atoms with E-state index in [-0.39, 0.29) is 42.0 Å². The number of sulfonamides is 1. The van der Waals surface area contributed by atoms with Crippen molar-refractivity contribution in [2.75, 3.05) is 19.6 Å². The molecule has 2 aromatic carbocycles. The van der Waals surface area contributed by atoms with Gasteiger partial charge >= 0.3 is 0 Å². The average molecular weight is 434 g/mol. The van der Waals surface area contributed by atoms with Crippen LogP contribution in [-0.4, -0.2) is 39.9 Å². The highest BCUT2D eigenvalue weighted by Gasteiger charge is 2.11. The first-order valence-electron chi connectivity index (χ1n) is 9.37. The van der Waals surface area contributed by atoms with Crippen LogP contribution in [0.2, 0.25) is 0 Å². The molecule has 0 heterocycles. The lowest BCUT2D eigenvalue weighted by Gasteiger charge is -2.06. The van der Waals surface area contributed by atoms with Crippen LogP contribution < -0.4 is 15.4 Å². The number of hydrogen-bond donors (Lipinski definition) is 3. The van der Waals surface area contributed by atoms with Gasteiger partial charge in [0.25, 0.3) is 0 Å². The molecule has 160 valence electrons. The molecule has 0 aromatic heterocycles. The summed E-state index contributed by atoms with van der Waals surface area (Å²) in [5.41, 5.74) is 1.37. The molecular weight excluding hydrogens is 409 g/mol. The zero-order valence-corrected chi connectivity index (χ0v) is 17.3. The summed E-state index contributed by atoms with van der Waals surface area (Å²) < 4.78 is 39.0. The van der Waals surface area contributed by atoms with E-state index in [0.717, 1.165) is 0 Å². The van der Waals surface area contributed by atoms with Crippen molar-refractivity contribution in [3.63, 3.8) is 0 Å². The van der Waals surface area contributed by atoms with Gasteiger partial charge in [0.2, 0.25) is 21.8 Å². The van der Waals surface area contributed by atoms with Crippen LogP contribution in [0.1, 0.15) is 18.1 Å². The quantitative estimate of drug-likeness (QED) is 0.391. The van der Waals surface area contributed by atoms with Crippen LogP contribution in [0.25, 0.3) is 6.08 Å². The van der Waals surface area contributed by atoms with Crippen molar-refractivity contribution >= 4 is 27.9 Å². The Hall–Kier alpha value is -3.04. The maximum atomic E-state index is 12.8. The molecule has 30 heavy (non-hydrogen) atoms. The molecule has 7 nitrogen and oxygen atoms in total. The van der Waals surface area contributed by atoms with Crippen LogP contribution in [0.15, 0.2) is 59.5 Å². The SMILES string of the molecule is CCNS(=O)(=O)c1ccc(/C=C/C(=O)NCCNC(=O)Cc2ccc(F)cc2)cc1. The smallest absolute Gasteiger partial charge is 0.244 e. The van der Waals surface area contributed by atoms with Gasteiger partial charge in [-0.3, -0.25) is 9.59 Å². The van der Waals surface area contributed by atoms with Crippen LogP contribution in [0, 0.1) is 5.82 Å². The van der Waals surface area contributed by atoms with E-state index in [1.807, 2.05) is 0 Å². The molecule has 9 heteroatoms. The highest BCUT2D eigenvalue weighted by atomic mass is 32.2. The van der Waals surface area contributed by atoms with Gasteiger partial charge < -0.3 is 10.6 Å². The maximum absolute atomic E-state index is 12.8. The fraction of sp³-hybridized carbons (Fsp3) is 0.238. The van der Waals surface area contributed by atoms with E-state index in [1.165, 1.54) is 30.3 Å². The lowest BCUT2D eigenvalue weighted by molar-refractivity contribution is -0.121. The third-order valence-corrected chi connectivity index (χ3v) is 5.54. The zero-order valence-electron chi connectivity index (χ0n) is 16.5. The molecule has 0 aliphatic rings. The predicted molar refractivity (Wildman–Crippen MR) is 112 cm³/mol. The Labute approximate surface area is 175 Å². The molecule has 0 spiro atoms. The third-order valence-electron chi connectivity index (χ3n) is 3.98. The van der Waals surface area contributed by atoms with Gasteiger partial charge in [-0.05, 0) is 41.5 Å². The molecule has 0 atom stereocenters. The van der Waals surface area contributed by atoms with Gasteiger partial charge in [0, 0.05) is 25.7 Å². The summed E-state index contributed by atoms with van der Waals surface area (Å²) in [5, 5.41) is 5.31. The van der Waals surface area contributed by atoms with Crippen LogP contribution in [0.5, 0.6) is 0 Å². The largest absolute Gasteiger partial charge is 0.354 e. The molecule has 2 amide bonds. The molecule has 2 aromatic rings. The zero-order chi connectivity index (χ0) is 22.0. The van der Waals surface area contributed by atoms with Gasteiger partial charge in [0.05, 0.1) is 11.3 Å². The Morgan fingerprint density at radius 2 is 1.60 bits per heavy atom. The van der Waals surface area contributed by atoms with Crippen LogP contribution >= 0.6 is 0 Å². The standard InChI is InChI=1S/C21H24FN3O4S/c1-2-25-30(28,29)19-10-5-16(6-11-19)7-12-20(26)23-13-14-24-21(27)15-17-3-8-18(22)9-4-17/h3-12,25H,2,13-15H2,1H3,(H,23,26)(H,24,27)/b12-7+. The van der Waals surface area contributed by atoms with Gasteiger partial charge in [-0.25, -0.2) is 17.5 Å². The lowest BCUT2D eigenvalue weighted by Crippen LogP contribution is -2.34. The Morgan fingerprint density at radius 3 is 2.23 bits per heavy atom. The molecule has 0 radical (unpaired) electrons. The molecule has 2 rings (SSSR count). The van der Waals surface area contributed by atoms with Gasteiger partial charge in [-0.15, -0.1) is 0 Å². The molecule has 0 aliphatic heterocycles. The first kappa shape index (κ1) is 23.2. The number of carbonyl (C=O) groups excluding carboxylic acids is 2. The van der Waals surface area contributed by atoms with Crippen molar-refractivity contribution in [3.05, 3.63) is 71.6 Å². The molecule has 3 N–H and O–H groups in total. The summed E-state index contributed by atoms with van der Waals surface area (Å²) in [6.07, 6.45) is 3.02. The number of rotatable bonds is 10. The summed E-state index contributed by atoms with van der Waals surface area (Å²) in [6.45, 7) is 2.51. The monoisotopic (exact) mass is 433 g/mol. The summed E-state index contributed by atoms with van der Waals surface area (Å²) in [5.74, 6) is -0.921. The number of amides is 2. The first-order chi connectivity index (χ1) is 14.3. The highest BCUT2D eigenvalue weighted by Crippen LogP contribution is 2.11. The summed E-state index contributed by atoms with van der Waals surface area (Å²) in [4.78, 5) is 23.8. The normalized spacial score (nSPS) is 11.4. The van der Waals surface area contributed by atoms with Crippen LogP contribution in [0.3, 0.4) is 0 Å². The van der Waals surface area contributed by atoms with Gasteiger partial charge in [0.15, 0.2) is 0 Å². The fourth-order valence-electron chi connectivity index (χ4n) is 2.50. The minimum atomic E-state index is -3.51. The molecule has 0 aliphatic carbocycles. The van der Waals surface area contributed by atoms with Crippen LogP contribution in [0.4, 0.5) is 4.39 Å². The van der Waals surface area contributed by atoms with Gasteiger partial charge in [-0.2, -0.15) is 0 Å². The summed E-state index contributed by atoms with van der Waals surface area (Å²) in [6, 6.07) is 11.8. The van der Waals surface area contributed by atoms with Crippen molar-refractivity contribution in [2.24, 2.45) is 0 Å². The number of carbonyl (C=O) groups is 2. The Balaban J connectivity index is 1.72. The van der Waals surface area contributed by atoms with E-state index in [9.17, 15) is 22.4 Å². The van der Waals surface area contributed by atoms with Crippen molar-refractivity contribution in [1.29, 1.82) is 0 Å². The molecular formula is C21H24FN3O4S. The molecule has 0 saturated heterocycles. The minimum Gasteiger partial charge on any atom is -0.354 e. The predicted octanol–water partition coefficient (Wildman–Crippen LogP) is 1.61. The Bertz CT molecular complexity index is 988. The van der Waals surface area contributed by atoms with Crippen molar-refractivity contribution in [2.45, 2.75) is 18.2 Å². The third kappa shape index (κ3) is 7.76. The first-order valence-corrected chi connectivity index (χ1v) is 10.9. The molecule has 0 fully saturated rings. The summed E-state index contributed by atoms with van der Waals surface area (Å²) in [7, 11) is -3.51. The highest BCUT2D eigenvalue weighted by molar-refractivity contribution is 7.89. The second-order valence-corrected chi connectivity index (χ2v) is 8.11. The van der Waals surface area contributed by atoms with Gasteiger partial charge in [0.1, 0.15) is 5.82 Å². The Morgan fingerprint density at radius 1 is 0.967 bits per heavy atom. The van der Waals surface area contributed by atoms with E-state index in [4.69, 9.17) is 0 Å². The van der Waals surface area contributed by atoms with Crippen LogP contribution in [-0.2, 0) is 26.0 Å². The van der Waals surface area contributed by atoms with E-state index < -0.39 is 10.0 Å². The van der Waals surface area contributed by atoms with E-state index in [1.54, 1.807) is 37.3 Å². The van der Waals surface area contributed by atoms with E-state index in [2.05, 4.69) is 15.4 Å². The van der Waals surface area contributed by atoms with E-state index >= 15 is 0 Å². The summed E-state index contributed by atoms with van der Waals surface area (Å²) >= 11 is 0. The van der Waals surface area contributed by atoms with Crippen molar-refractivity contribution in [1.82, 2.24) is 15.4 Å². The molecule has 0 bridgehead atoms. The number of nitrogens with one attached hydrogen (secondary N) is 3. The lowest BCUT2D eigenvalue weighted by atomic mass is 10.1. The minimum absolute atomic E-state index is 0.133. The fourth-order valence-corrected chi connectivity index (χ4v) is 3.54. The Kier molecular flexibility index (Phi) is 8.70. The molecule has 0 saturated carbocycles. The topological polar surface area (TPSA) is 104 Å². The van der Waals surface area contributed by atoms with Crippen molar-refractivity contribution in [3.8, 4) is 0 Å². The second kappa shape index (κ2) is 11.2. The number of halogens is 1. The number of benzene rings is 2. The molecule has 0 unspecified atom stereocenters. The second-order valence-electron chi connectivity index (χ2n) is 6.35. The number of hydrogen-bond acceptors (Lipinski definition) is 4. The van der Waals surface area contributed by atoms with Crippen molar-refractivity contribution < 1.29 is 22.4 Å².